The van der Waals surface area contributed by atoms with Gasteiger partial charge in [0, 0.05) is 30.2 Å². The third-order valence-electron chi connectivity index (χ3n) is 4.64. The van der Waals surface area contributed by atoms with Crippen molar-refractivity contribution in [3.8, 4) is 11.4 Å². The van der Waals surface area contributed by atoms with Crippen LogP contribution in [-0.4, -0.2) is 43.5 Å². The van der Waals surface area contributed by atoms with Gasteiger partial charge in [-0.25, -0.2) is 4.98 Å². The highest BCUT2D eigenvalue weighted by Crippen LogP contribution is 2.33. The van der Waals surface area contributed by atoms with Crippen molar-refractivity contribution in [2.45, 2.75) is 13.8 Å². The van der Waals surface area contributed by atoms with E-state index in [1.165, 1.54) is 0 Å². The number of hydrogen-bond donors (Lipinski definition) is 0. The lowest BCUT2D eigenvalue weighted by Crippen LogP contribution is -2.31. The summed E-state index contributed by atoms with van der Waals surface area (Å²) in [6, 6.07) is 13.4. The van der Waals surface area contributed by atoms with Gasteiger partial charge in [-0.3, -0.25) is 9.20 Å². The standard InChI is InChI=1S/C20H18ClN5O/c1-3-25(4-2)20(27)15-16(21)14-11-8-12-22-18(14)26-17(23-24-19(15)26)13-9-6-5-7-10-13/h5-12H,3-4H2,1-2H3. The van der Waals surface area contributed by atoms with Crippen molar-refractivity contribution >= 4 is 34.2 Å². The van der Waals surface area contributed by atoms with Gasteiger partial charge in [-0.2, -0.15) is 0 Å². The maximum Gasteiger partial charge on any atom is 0.259 e. The molecule has 0 radical (unpaired) electrons. The molecule has 0 spiro atoms. The second kappa shape index (κ2) is 6.96. The lowest BCUT2D eigenvalue weighted by atomic mass is 10.1. The first-order valence-corrected chi connectivity index (χ1v) is 9.21. The number of halogens is 1. The van der Waals surface area contributed by atoms with Crippen molar-refractivity contribution in [2.75, 3.05) is 13.1 Å². The molecular formula is C20H18ClN5O. The molecule has 0 bridgehead atoms. The number of carbonyl (C=O) groups is 1. The number of nitrogens with zero attached hydrogens (tertiary/aromatic N) is 5. The maximum atomic E-state index is 13.2. The Morgan fingerprint density at radius 1 is 1.04 bits per heavy atom. The van der Waals surface area contributed by atoms with Crippen molar-refractivity contribution < 1.29 is 4.79 Å². The molecule has 0 aliphatic carbocycles. The van der Waals surface area contributed by atoms with E-state index in [-0.39, 0.29) is 5.91 Å². The Hall–Kier alpha value is -2.99. The molecule has 0 aliphatic heterocycles. The fraction of sp³-hybridized carbons (Fsp3) is 0.200. The van der Waals surface area contributed by atoms with E-state index in [4.69, 9.17) is 11.6 Å². The Morgan fingerprint density at radius 2 is 1.78 bits per heavy atom. The van der Waals surface area contributed by atoms with Crippen LogP contribution in [-0.2, 0) is 0 Å². The molecule has 4 rings (SSSR count). The quantitative estimate of drug-likeness (QED) is 0.536. The van der Waals surface area contributed by atoms with E-state index in [1.807, 2.05) is 54.6 Å². The van der Waals surface area contributed by atoms with E-state index >= 15 is 0 Å². The molecule has 136 valence electrons. The van der Waals surface area contributed by atoms with Crippen molar-refractivity contribution in [1.29, 1.82) is 0 Å². The zero-order valence-electron chi connectivity index (χ0n) is 15.1. The van der Waals surface area contributed by atoms with Crippen molar-refractivity contribution in [1.82, 2.24) is 24.5 Å². The average Bonchev–Trinajstić information content (AvgIpc) is 3.15. The van der Waals surface area contributed by atoms with Crippen LogP contribution in [0, 0.1) is 0 Å². The van der Waals surface area contributed by atoms with Crippen LogP contribution in [0.3, 0.4) is 0 Å². The fourth-order valence-corrected chi connectivity index (χ4v) is 3.57. The van der Waals surface area contributed by atoms with E-state index in [1.54, 1.807) is 17.2 Å². The van der Waals surface area contributed by atoms with Crippen molar-refractivity contribution in [3.63, 3.8) is 0 Å². The molecule has 6 nitrogen and oxygen atoms in total. The van der Waals surface area contributed by atoms with E-state index in [2.05, 4.69) is 15.2 Å². The summed E-state index contributed by atoms with van der Waals surface area (Å²) in [5.41, 5.74) is 2.29. The molecule has 1 amide bonds. The summed E-state index contributed by atoms with van der Waals surface area (Å²) >= 11 is 6.66. The summed E-state index contributed by atoms with van der Waals surface area (Å²) in [5, 5.41) is 9.72. The second-order valence-corrected chi connectivity index (χ2v) is 6.47. The van der Waals surface area contributed by atoms with Gasteiger partial charge in [-0.15, -0.1) is 10.2 Å². The minimum absolute atomic E-state index is 0.159. The number of amides is 1. The highest BCUT2D eigenvalue weighted by Gasteiger charge is 2.26. The van der Waals surface area contributed by atoms with Gasteiger partial charge in [0.25, 0.3) is 5.91 Å². The topological polar surface area (TPSA) is 63.4 Å². The molecule has 27 heavy (non-hydrogen) atoms. The molecule has 3 aromatic heterocycles. The Labute approximate surface area is 161 Å². The van der Waals surface area contributed by atoms with Gasteiger partial charge in [0.2, 0.25) is 0 Å². The smallest absolute Gasteiger partial charge is 0.259 e. The van der Waals surface area contributed by atoms with Gasteiger partial charge < -0.3 is 4.90 Å². The first-order chi connectivity index (χ1) is 13.2. The van der Waals surface area contributed by atoms with Gasteiger partial charge >= 0.3 is 0 Å². The molecule has 0 aliphatic rings. The van der Waals surface area contributed by atoms with Gasteiger partial charge in [0.1, 0.15) is 11.2 Å². The fourth-order valence-electron chi connectivity index (χ4n) is 3.26. The Morgan fingerprint density at radius 3 is 2.48 bits per heavy atom. The van der Waals surface area contributed by atoms with Gasteiger partial charge in [-0.05, 0) is 26.0 Å². The van der Waals surface area contributed by atoms with Crippen LogP contribution in [0.5, 0.6) is 0 Å². The average molecular weight is 380 g/mol. The van der Waals surface area contributed by atoms with E-state index in [9.17, 15) is 4.79 Å². The van der Waals surface area contributed by atoms with Crippen molar-refractivity contribution in [3.05, 3.63) is 59.2 Å². The van der Waals surface area contributed by atoms with Crippen LogP contribution < -0.4 is 0 Å². The zero-order chi connectivity index (χ0) is 19.0. The van der Waals surface area contributed by atoms with Crippen molar-refractivity contribution in [2.24, 2.45) is 0 Å². The molecule has 1 aromatic carbocycles. The highest BCUT2D eigenvalue weighted by molar-refractivity contribution is 6.39. The first kappa shape index (κ1) is 17.4. The van der Waals surface area contributed by atoms with Crippen LogP contribution in [0.2, 0.25) is 5.02 Å². The monoisotopic (exact) mass is 379 g/mol. The lowest BCUT2D eigenvalue weighted by molar-refractivity contribution is 0.0774. The summed E-state index contributed by atoms with van der Waals surface area (Å²) in [5.74, 6) is 0.465. The SMILES string of the molecule is CCN(CC)C(=O)c1c(Cl)c2cccnc2n2c(-c3ccccc3)nnc12. The summed E-state index contributed by atoms with van der Waals surface area (Å²) in [6.07, 6.45) is 1.69. The Kier molecular flexibility index (Phi) is 4.49. The molecule has 0 saturated heterocycles. The molecule has 7 heteroatoms. The Balaban J connectivity index is 2.11. The number of aromatic nitrogens is 4. The molecule has 0 saturated carbocycles. The highest BCUT2D eigenvalue weighted by atomic mass is 35.5. The third-order valence-corrected chi connectivity index (χ3v) is 5.03. The summed E-state index contributed by atoms with van der Waals surface area (Å²) in [7, 11) is 0. The molecule has 3 heterocycles. The number of benzene rings is 1. The van der Waals surface area contributed by atoms with E-state index in [0.29, 0.717) is 46.2 Å². The summed E-state index contributed by atoms with van der Waals surface area (Å²) in [6.45, 7) is 5.05. The predicted octanol–water partition coefficient (Wildman–Crippen LogP) is 4.08. The van der Waals surface area contributed by atoms with Crippen LogP contribution in [0.15, 0.2) is 48.7 Å². The maximum absolute atomic E-state index is 13.2. The lowest BCUT2D eigenvalue weighted by Gasteiger charge is -2.20. The first-order valence-electron chi connectivity index (χ1n) is 8.83. The van der Waals surface area contributed by atoms with Crippen LogP contribution in [0.4, 0.5) is 0 Å². The number of pyridine rings is 2. The molecular weight excluding hydrogens is 362 g/mol. The van der Waals surface area contributed by atoms with Crippen LogP contribution >= 0.6 is 11.6 Å². The molecule has 4 aromatic rings. The second-order valence-electron chi connectivity index (χ2n) is 6.09. The van der Waals surface area contributed by atoms with Gasteiger partial charge in [-0.1, -0.05) is 41.9 Å². The number of rotatable bonds is 4. The summed E-state index contributed by atoms with van der Waals surface area (Å²) < 4.78 is 1.81. The normalized spacial score (nSPS) is 11.2. The van der Waals surface area contributed by atoms with Crippen LogP contribution in [0.1, 0.15) is 24.2 Å². The van der Waals surface area contributed by atoms with Crippen LogP contribution in [0.25, 0.3) is 28.1 Å². The molecule has 0 unspecified atom stereocenters. The molecule has 0 atom stereocenters. The summed E-state index contributed by atoms with van der Waals surface area (Å²) in [4.78, 5) is 19.4. The number of hydrogen-bond acceptors (Lipinski definition) is 4. The van der Waals surface area contributed by atoms with E-state index < -0.39 is 0 Å². The largest absolute Gasteiger partial charge is 0.339 e. The number of fused-ring (bicyclic) bond motifs is 3. The number of carbonyl (C=O) groups excluding carboxylic acids is 1. The zero-order valence-corrected chi connectivity index (χ0v) is 15.8. The molecule has 0 N–H and O–H groups in total. The molecule has 0 fully saturated rings. The minimum Gasteiger partial charge on any atom is -0.339 e. The minimum atomic E-state index is -0.159. The van der Waals surface area contributed by atoms with Gasteiger partial charge in [0.05, 0.1) is 5.02 Å². The predicted molar refractivity (Wildman–Crippen MR) is 106 cm³/mol. The van der Waals surface area contributed by atoms with Gasteiger partial charge in [0.15, 0.2) is 11.5 Å². The Bertz CT molecular complexity index is 1140. The van der Waals surface area contributed by atoms with E-state index in [0.717, 1.165) is 5.56 Å². The third kappa shape index (κ3) is 2.73.